The van der Waals surface area contributed by atoms with Gasteiger partial charge in [0.25, 0.3) is 0 Å². The summed E-state index contributed by atoms with van der Waals surface area (Å²) in [6.45, 7) is 0. The Morgan fingerprint density at radius 1 is 0.393 bits per heavy atom. The lowest BCUT2D eigenvalue weighted by molar-refractivity contribution is 0.789. The van der Waals surface area contributed by atoms with E-state index in [0.29, 0.717) is 0 Å². The van der Waals surface area contributed by atoms with Gasteiger partial charge in [-0.15, -0.1) is 0 Å². The molecule has 4 aromatic carbocycles. The number of rotatable bonds is 6. The number of hydrazine groups is 1. The minimum absolute atomic E-state index is 0.859. The van der Waals surface area contributed by atoms with Crippen LogP contribution in [0, 0.1) is 0 Å². The van der Waals surface area contributed by atoms with Gasteiger partial charge in [0.2, 0.25) is 0 Å². The van der Waals surface area contributed by atoms with Crippen LogP contribution in [-0.2, 0) is 0 Å². The largest absolute Gasteiger partial charge is 0.260 e. The summed E-state index contributed by atoms with van der Waals surface area (Å²) in [7, 11) is -1.72. The second kappa shape index (κ2) is 9.24. The maximum Gasteiger partial charge on any atom is 0.0484 e. The Morgan fingerprint density at radius 3 is 0.821 bits per heavy atom. The zero-order chi connectivity index (χ0) is 19.2. The van der Waals surface area contributed by atoms with Crippen LogP contribution in [0.1, 0.15) is 0 Å². The van der Waals surface area contributed by atoms with Crippen LogP contribution in [0.4, 0.5) is 0 Å². The first-order chi connectivity index (χ1) is 13.8. The molecule has 4 rings (SSSR count). The summed E-state index contributed by atoms with van der Waals surface area (Å²) in [5.74, 6) is 6.98. The van der Waals surface area contributed by atoms with Gasteiger partial charge in [0, 0.05) is 16.1 Å². The highest BCUT2D eigenvalue weighted by Gasteiger charge is 2.29. The van der Waals surface area contributed by atoms with Crippen LogP contribution < -0.4 is 27.1 Å². The SMILES string of the molecule is NN(P(c1ccccc1)c1ccccc1)P(c1ccccc1)c1ccccc1. The molecule has 0 bridgehead atoms. The third kappa shape index (κ3) is 4.22. The summed E-state index contributed by atoms with van der Waals surface area (Å²) in [6.07, 6.45) is 0. The van der Waals surface area contributed by atoms with Crippen LogP contribution in [-0.4, -0.2) is 4.55 Å². The van der Waals surface area contributed by atoms with E-state index >= 15 is 0 Å². The fourth-order valence-electron chi connectivity index (χ4n) is 3.14. The van der Waals surface area contributed by atoms with Crippen molar-refractivity contribution in [2.45, 2.75) is 0 Å². The van der Waals surface area contributed by atoms with E-state index in [-0.39, 0.29) is 0 Å². The predicted octanol–water partition coefficient (Wildman–Crippen LogP) is 4.26. The molecule has 4 heteroatoms. The molecule has 2 N–H and O–H groups in total. The van der Waals surface area contributed by atoms with E-state index in [4.69, 9.17) is 5.84 Å². The van der Waals surface area contributed by atoms with Crippen molar-refractivity contribution in [2.75, 3.05) is 0 Å². The van der Waals surface area contributed by atoms with Gasteiger partial charge < -0.3 is 0 Å². The van der Waals surface area contributed by atoms with Crippen molar-refractivity contribution < 1.29 is 0 Å². The Labute approximate surface area is 169 Å². The van der Waals surface area contributed by atoms with Gasteiger partial charge in [-0.3, -0.25) is 5.84 Å². The fraction of sp³-hybridized carbons (Fsp3) is 0. The highest BCUT2D eigenvalue weighted by atomic mass is 31.2. The summed E-state index contributed by atoms with van der Waals surface area (Å²) >= 11 is 0. The maximum absolute atomic E-state index is 6.98. The third-order valence-electron chi connectivity index (χ3n) is 4.41. The van der Waals surface area contributed by atoms with E-state index in [2.05, 4.69) is 126 Å². The van der Waals surface area contributed by atoms with Gasteiger partial charge in [-0.2, -0.15) is 4.55 Å². The lowest BCUT2D eigenvalue weighted by Crippen LogP contribution is -2.36. The first-order valence-corrected chi connectivity index (χ1v) is 11.8. The second-order valence-corrected chi connectivity index (χ2v) is 10.8. The molecule has 0 saturated carbocycles. The molecule has 4 aromatic rings. The molecule has 138 valence electrons. The quantitative estimate of drug-likeness (QED) is 0.298. The fourth-order valence-corrected chi connectivity index (χ4v) is 8.45. The van der Waals surface area contributed by atoms with E-state index in [1.807, 2.05) is 0 Å². The molecule has 0 fully saturated rings. The Balaban J connectivity index is 1.84. The normalized spacial score (nSPS) is 11.3. The molecule has 0 amide bonds. The van der Waals surface area contributed by atoms with Gasteiger partial charge in [-0.25, -0.2) is 0 Å². The smallest absolute Gasteiger partial charge is 0.0484 e. The van der Waals surface area contributed by atoms with Gasteiger partial charge in [-0.05, 0) is 21.2 Å². The Morgan fingerprint density at radius 2 is 0.607 bits per heavy atom. The first-order valence-electron chi connectivity index (χ1n) is 9.20. The van der Waals surface area contributed by atoms with Gasteiger partial charge >= 0.3 is 0 Å². The second-order valence-electron chi connectivity index (χ2n) is 6.29. The highest BCUT2D eigenvalue weighted by Crippen LogP contribution is 2.51. The average Bonchev–Trinajstić information content (AvgIpc) is 2.77. The van der Waals surface area contributed by atoms with Crippen molar-refractivity contribution in [1.29, 1.82) is 0 Å². The summed E-state index contributed by atoms with van der Waals surface area (Å²) in [5.41, 5.74) is 0. The molecular weight excluding hydrogens is 378 g/mol. The van der Waals surface area contributed by atoms with Crippen molar-refractivity contribution in [2.24, 2.45) is 5.84 Å². The third-order valence-corrected chi connectivity index (χ3v) is 9.45. The standard InChI is InChI=1S/C24H22N2P2/c25-26(27(21-13-5-1-6-14-21)22-15-7-2-8-16-22)28(23-17-9-3-10-18-23)24-19-11-4-12-20-24/h1-20H,25H2. The summed E-state index contributed by atoms with van der Waals surface area (Å²) in [6, 6.07) is 42.4. The van der Waals surface area contributed by atoms with E-state index in [1.165, 1.54) is 21.2 Å². The molecular formula is C24H22N2P2. The summed E-state index contributed by atoms with van der Waals surface area (Å²) in [4.78, 5) is 0. The molecule has 2 nitrogen and oxygen atoms in total. The molecule has 0 saturated heterocycles. The minimum atomic E-state index is -0.859. The Kier molecular flexibility index (Phi) is 6.27. The molecule has 0 aliphatic rings. The summed E-state index contributed by atoms with van der Waals surface area (Å²) < 4.78 is 2.11. The van der Waals surface area contributed by atoms with Gasteiger partial charge in [0.15, 0.2) is 0 Å². The van der Waals surface area contributed by atoms with Crippen LogP contribution in [0.5, 0.6) is 0 Å². The van der Waals surface area contributed by atoms with E-state index < -0.39 is 16.1 Å². The van der Waals surface area contributed by atoms with Crippen molar-refractivity contribution in [3.8, 4) is 0 Å². The average molecular weight is 400 g/mol. The lowest BCUT2D eigenvalue weighted by Gasteiger charge is -2.35. The molecule has 0 aliphatic carbocycles. The number of hydrogen-bond donors (Lipinski definition) is 1. The van der Waals surface area contributed by atoms with E-state index in [0.717, 1.165) is 0 Å². The van der Waals surface area contributed by atoms with Crippen LogP contribution in [0.3, 0.4) is 0 Å². The van der Waals surface area contributed by atoms with Crippen molar-refractivity contribution in [3.05, 3.63) is 121 Å². The lowest BCUT2D eigenvalue weighted by atomic mass is 10.4. The number of nitrogens with two attached hydrogens (primary N) is 1. The van der Waals surface area contributed by atoms with Crippen molar-refractivity contribution in [3.63, 3.8) is 0 Å². The molecule has 0 aromatic heterocycles. The number of hydrogen-bond acceptors (Lipinski definition) is 2. The topological polar surface area (TPSA) is 29.3 Å². The van der Waals surface area contributed by atoms with Gasteiger partial charge in [0.1, 0.15) is 0 Å². The van der Waals surface area contributed by atoms with Gasteiger partial charge in [0.05, 0.1) is 0 Å². The molecule has 0 spiro atoms. The molecule has 28 heavy (non-hydrogen) atoms. The Bertz CT molecular complexity index is 818. The monoisotopic (exact) mass is 400 g/mol. The predicted molar refractivity (Wildman–Crippen MR) is 124 cm³/mol. The van der Waals surface area contributed by atoms with Gasteiger partial charge in [-0.1, -0.05) is 121 Å². The first kappa shape index (κ1) is 19.0. The van der Waals surface area contributed by atoms with Crippen LogP contribution in [0.15, 0.2) is 121 Å². The molecule has 0 aliphatic heterocycles. The highest BCUT2D eigenvalue weighted by molar-refractivity contribution is 7.84. The van der Waals surface area contributed by atoms with Crippen LogP contribution in [0.25, 0.3) is 0 Å². The van der Waals surface area contributed by atoms with Crippen LogP contribution in [0.2, 0.25) is 0 Å². The molecule has 0 unspecified atom stereocenters. The zero-order valence-corrected chi connectivity index (χ0v) is 17.3. The number of benzene rings is 4. The minimum Gasteiger partial charge on any atom is -0.260 e. The van der Waals surface area contributed by atoms with Crippen LogP contribution >= 0.6 is 16.1 Å². The van der Waals surface area contributed by atoms with Crippen molar-refractivity contribution >= 4 is 37.4 Å². The zero-order valence-electron chi connectivity index (χ0n) is 15.5. The molecule has 0 radical (unpaired) electrons. The Hall–Kier alpha value is -2.34. The molecule has 0 atom stereocenters. The van der Waals surface area contributed by atoms with Crippen molar-refractivity contribution in [1.82, 2.24) is 4.55 Å². The number of nitrogens with zero attached hydrogens (tertiary/aromatic N) is 1. The molecule has 0 heterocycles. The maximum atomic E-state index is 6.98. The van der Waals surface area contributed by atoms with E-state index in [9.17, 15) is 0 Å². The van der Waals surface area contributed by atoms with E-state index in [1.54, 1.807) is 0 Å². The summed E-state index contributed by atoms with van der Waals surface area (Å²) in [5, 5.41) is 5.02.